The van der Waals surface area contributed by atoms with Crippen molar-refractivity contribution in [2.45, 2.75) is 6.61 Å². The summed E-state index contributed by atoms with van der Waals surface area (Å²) in [7, 11) is 0. The Morgan fingerprint density at radius 2 is 1.53 bits per heavy atom. The Morgan fingerprint density at radius 1 is 0.750 bits per heavy atom. The second kappa shape index (κ2) is 9.27. The summed E-state index contributed by atoms with van der Waals surface area (Å²) in [6.45, 7) is 4.20. The molecule has 1 aliphatic rings. The Hall–Kier alpha value is -2.95. The first kappa shape index (κ1) is 20.9. The van der Waals surface area contributed by atoms with E-state index in [4.69, 9.17) is 32.9 Å². The molecule has 0 unspecified atom stereocenters. The van der Waals surface area contributed by atoms with Crippen molar-refractivity contribution in [2.75, 3.05) is 36.0 Å². The van der Waals surface area contributed by atoms with E-state index < -0.39 is 0 Å². The van der Waals surface area contributed by atoms with Gasteiger partial charge in [0, 0.05) is 37.3 Å². The zero-order valence-electron chi connectivity index (χ0n) is 17.5. The summed E-state index contributed by atoms with van der Waals surface area (Å²) in [6.07, 6.45) is 0. The first-order valence-corrected chi connectivity index (χ1v) is 11.4. The molecule has 162 valence electrons. The number of rotatable bonds is 5. The summed E-state index contributed by atoms with van der Waals surface area (Å²) in [5.74, 6) is 1.74. The minimum Gasteiger partial charge on any atom is -0.487 e. The van der Waals surface area contributed by atoms with Crippen molar-refractivity contribution in [2.24, 2.45) is 0 Å². The fourth-order valence-corrected chi connectivity index (χ4v) is 4.35. The molecular formula is C26H23Cl2N3O. The van der Waals surface area contributed by atoms with Gasteiger partial charge in [0.05, 0.1) is 10.0 Å². The number of nitrogens with zero attached hydrogens (tertiary/aromatic N) is 3. The van der Waals surface area contributed by atoms with Gasteiger partial charge in [-0.1, -0.05) is 59.6 Å². The second-order valence-electron chi connectivity index (χ2n) is 7.84. The van der Waals surface area contributed by atoms with Gasteiger partial charge in [0.1, 0.15) is 23.7 Å². The standard InChI is InChI=1S/C26H23Cl2N3O/c27-22-11-9-19(17-23(22)28)18-32-24-8-4-5-20-10-12-25(29-26(20)24)31-15-13-30(14-16-31)21-6-2-1-3-7-21/h1-12,17H,13-16,18H2. The van der Waals surface area contributed by atoms with E-state index in [0.717, 1.165) is 54.2 Å². The van der Waals surface area contributed by atoms with Crippen LogP contribution in [0.15, 0.2) is 78.9 Å². The molecule has 6 heteroatoms. The Balaban J connectivity index is 1.33. The van der Waals surface area contributed by atoms with Gasteiger partial charge in [-0.25, -0.2) is 4.98 Å². The number of hydrogen-bond acceptors (Lipinski definition) is 4. The van der Waals surface area contributed by atoms with Crippen LogP contribution < -0.4 is 14.5 Å². The molecule has 0 N–H and O–H groups in total. The highest BCUT2D eigenvalue weighted by atomic mass is 35.5. The first-order chi connectivity index (χ1) is 15.7. The van der Waals surface area contributed by atoms with E-state index >= 15 is 0 Å². The van der Waals surface area contributed by atoms with E-state index in [1.165, 1.54) is 5.69 Å². The van der Waals surface area contributed by atoms with Crippen LogP contribution in [-0.2, 0) is 6.61 Å². The molecular weight excluding hydrogens is 441 g/mol. The van der Waals surface area contributed by atoms with Crippen molar-refractivity contribution < 1.29 is 4.74 Å². The lowest BCUT2D eigenvalue weighted by atomic mass is 10.2. The molecule has 4 nitrogen and oxygen atoms in total. The van der Waals surface area contributed by atoms with Crippen molar-refractivity contribution >= 4 is 45.6 Å². The van der Waals surface area contributed by atoms with E-state index in [2.05, 4.69) is 58.3 Å². The number of halogens is 2. The molecule has 3 aromatic carbocycles. The lowest BCUT2D eigenvalue weighted by Gasteiger charge is -2.36. The number of aromatic nitrogens is 1. The summed E-state index contributed by atoms with van der Waals surface area (Å²) in [5, 5.41) is 2.13. The molecule has 0 bridgehead atoms. The number of para-hydroxylation sites is 2. The van der Waals surface area contributed by atoms with Crippen molar-refractivity contribution in [1.82, 2.24) is 4.98 Å². The third-order valence-corrected chi connectivity index (χ3v) is 6.51. The third kappa shape index (κ3) is 4.47. The molecule has 0 atom stereocenters. The predicted octanol–water partition coefficient (Wildman–Crippen LogP) is 6.45. The van der Waals surface area contributed by atoms with Crippen LogP contribution in [0.25, 0.3) is 10.9 Å². The summed E-state index contributed by atoms with van der Waals surface area (Å²) < 4.78 is 6.13. The normalized spacial score (nSPS) is 14.1. The molecule has 0 spiro atoms. The third-order valence-electron chi connectivity index (χ3n) is 5.77. The number of fused-ring (bicyclic) bond motifs is 1. The predicted molar refractivity (Wildman–Crippen MR) is 133 cm³/mol. The topological polar surface area (TPSA) is 28.6 Å². The Morgan fingerprint density at radius 3 is 2.31 bits per heavy atom. The highest BCUT2D eigenvalue weighted by Crippen LogP contribution is 2.29. The minimum absolute atomic E-state index is 0.400. The Bertz CT molecular complexity index is 1220. The van der Waals surface area contributed by atoms with Crippen LogP contribution in [0, 0.1) is 0 Å². The smallest absolute Gasteiger partial charge is 0.146 e. The van der Waals surface area contributed by atoms with Crippen LogP contribution in [0.3, 0.4) is 0 Å². The highest BCUT2D eigenvalue weighted by molar-refractivity contribution is 6.42. The van der Waals surface area contributed by atoms with Crippen LogP contribution in [0.4, 0.5) is 11.5 Å². The number of benzene rings is 3. The molecule has 5 rings (SSSR count). The molecule has 1 aliphatic heterocycles. The second-order valence-corrected chi connectivity index (χ2v) is 8.66. The largest absolute Gasteiger partial charge is 0.487 e. The molecule has 2 heterocycles. The first-order valence-electron chi connectivity index (χ1n) is 10.7. The van der Waals surface area contributed by atoms with Crippen molar-refractivity contribution in [3.63, 3.8) is 0 Å². The summed E-state index contributed by atoms with van der Waals surface area (Å²) >= 11 is 12.2. The van der Waals surface area contributed by atoms with Gasteiger partial charge >= 0.3 is 0 Å². The SMILES string of the molecule is Clc1ccc(COc2cccc3ccc(N4CCN(c5ccccc5)CC4)nc23)cc1Cl. The van der Waals surface area contributed by atoms with Gasteiger partial charge in [-0.15, -0.1) is 0 Å². The molecule has 1 fully saturated rings. The van der Waals surface area contributed by atoms with Gasteiger partial charge in [-0.2, -0.15) is 0 Å². The summed E-state index contributed by atoms with van der Waals surface area (Å²) in [4.78, 5) is 9.74. The van der Waals surface area contributed by atoms with E-state index in [1.54, 1.807) is 6.07 Å². The summed E-state index contributed by atoms with van der Waals surface area (Å²) in [6, 6.07) is 26.3. The molecule has 1 aromatic heterocycles. The average molecular weight is 464 g/mol. The van der Waals surface area contributed by atoms with Gasteiger partial charge in [0.15, 0.2) is 0 Å². The zero-order valence-corrected chi connectivity index (χ0v) is 19.1. The molecule has 4 aromatic rings. The number of ether oxygens (including phenoxy) is 1. The van der Waals surface area contributed by atoms with Crippen molar-refractivity contribution in [3.8, 4) is 5.75 Å². The average Bonchev–Trinajstić information content (AvgIpc) is 2.85. The molecule has 0 amide bonds. The zero-order chi connectivity index (χ0) is 21.9. The Kier molecular flexibility index (Phi) is 6.06. The molecule has 0 saturated carbocycles. The Labute approximate surface area is 198 Å². The number of pyridine rings is 1. The molecule has 0 aliphatic carbocycles. The van der Waals surface area contributed by atoms with E-state index in [9.17, 15) is 0 Å². The minimum atomic E-state index is 0.400. The van der Waals surface area contributed by atoms with Crippen LogP contribution >= 0.6 is 23.2 Å². The summed E-state index contributed by atoms with van der Waals surface area (Å²) in [5.41, 5.74) is 3.11. The van der Waals surface area contributed by atoms with Crippen LogP contribution in [-0.4, -0.2) is 31.2 Å². The number of hydrogen-bond donors (Lipinski definition) is 0. The maximum Gasteiger partial charge on any atom is 0.146 e. The van der Waals surface area contributed by atoms with Crippen LogP contribution in [0.5, 0.6) is 5.75 Å². The monoisotopic (exact) mass is 463 g/mol. The maximum atomic E-state index is 6.14. The lowest BCUT2D eigenvalue weighted by Crippen LogP contribution is -2.46. The van der Waals surface area contributed by atoms with Crippen molar-refractivity contribution in [1.29, 1.82) is 0 Å². The van der Waals surface area contributed by atoms with Gasteiger partial charge in [-0.05, 0) is 48.0 Å². The van der Waals surface area contributed by atoms with Gasteiger partial charge in [0.25, 0.3) is 0 Å². The molecule has 0 radical (unpaired) electrons. The van der Waals surface area contributed by atoms with Crippen LogP contribution in [0.2, 0.25) is 10.0 Å². The quantitative estimate of drug-likeness (QED) is 0.340. The van der Waals surface area contributed by atoms with Gasteiger partial charge in [-0.3, -0.25) is 0 Å². The van der Waals surface area contributed by atoms with E-state index in [-0.39, 0.29) is 0 Å². The lowest BCUT2D eigenvalue weighted by molar-refractivity contribution is 0.309. The highest BCUT2D eigenvalue weighted by Gasteiger charge is 2.19. The van der Waals surface area contributed by atoms with Crippen LogP contribution in [0.1, 0.15) is 5.56 Å². The maximum absolute atomic E-state index is 6.14. The van der Waals surface area contributed by atoms with E-state index in [1.807, 2.05) is 24.3 Å². The van der Waals surface area contributed by atoms with Gasteiger partial charge in [0.2, 0.25) is 0 Å². The van der Waals surface area contributed by atoms with Gasteiger partial charge < -0.3 is 14.5 Å². The fourth-order valence-electron chi connectivity index (χ4n) is 4.03. The molecule has 32 heavy (non-hydrogen) atoms. The van der Waals surface area contributed by atoms with Crippen molar-refractivity contribution in [3.05, 3.63) is 94.5 Å². The molecule has 1 saturated heterocycles. The number of piperazine rings is 1. The fraction of sp³-hybridized carbons (Fsp3) is 0.192. The van der Waals surface area contributed by atoms with E-state index in [0.29, 0.717) is 16.7 Å². The number of anilines is 2.